The molecule has 3 aromatic rings. The molecule has 0 bridgehead atoms. The fourth-order valence-electron chi connectivity index (χ4n) is 4.73. The zero-order valence-corrected chi connectivity index (χ0v) is 21.7. The Kier molecular flexibility index (Phi) is 7.07. The van der Waals surface area contributed by atoms with Crippen molar-refractivity contribution in [1.29, 1.82) is 5.26 Å². The Morgan fingerprint density at radius 2 is 1.86 bits per heavy atom. The molecule has 1 saturated heterocycles. The van der Waals surface area contributed by atoms with Gasteiger partial charge in [-0.25, -0.2) is 0 Å². The van der Waals surface area contributed by atoms with Crippen LogP contribution >= 0.6 is 23.4 Å². The minimum atomic E-state index is -0.160. The number of nitrogens with zero attached hydrogens (tertiary/aromatic N) is 3. The highest BCUT2D eigenvalue weighted by Crippen LogP contribution is 2.47. The standard InChI is InChI=1S/C27H27ClN4O2S/c1-26(2)13-19(14-27(3,4)35-26)32-25(33)17-8-9-24(22(28)12-17)34-23-7-5-6-20(21(23)15-29)18-10-11-30-31-16-18/h5-12,16,19H,13-14H2,1-4H3,(H,32,33). The second-order valence-electron chi connectivity index (χ2n) is 9.87. The first-order valence-electron chi connectivity index (χ1n) is 11.4. The van der Waals surface area contributed by atoms with E-state index in [9.17, 15) is 10.1 Å². The number of amides is 1. The molecule has 1 aliphatic heterocycles. The number of aromatic nitrogens is 2. The Morgan fingerprint density at radius 3 is 2.49 bits per heavy atom. The highest BCUT2D eigenvalue weighted by Gasteiger charge is 2.39. The van der Waals surface area contributed by atoms with Crippen LogP contribution < -0.4 is 10.1 Å². The van der Waals surface area contributed by atoms with Crippen molar-refractivity contribution in [2.45, 2.75) is 56.1 Å². The van der Waals surface area contributed by atoms with Gasteiger partial charge in [0.05, 0.1) is 17.4 Å². The van der Waals surface area contributed by atoms with Crippen LogP contribution in [0, 0.1) is 11.3 Å². The largest absolute Gasteiger partial charge is 0.454 e. The molecule has 0 unspecified atom stereocenters. The number of nitriles is 1. The normalized spacial score (nSPS) is 16.8. The van der Waals surface area contributed by atoms with Gasteiger partial charge in [-0.3, -0.25) is 4.79 Å². The molecule has 6 nitrogen and oxygen atoms in total. The zero-order chi connectivity index (χ0) is 25.2. The number of nitrogens with one attached hydrogen (secondary N) is 1. The molecule has 0 radical (unpaired) electrons. The molecule has 2 aromatic carbocycles. The fourth-order valence-corrected chi connectivity index (χ4v) is 7.01. The second-order valence-corrected chi connectivity index (χ2v) is 12.7. The van der Waals surface area contributed by atoms with E-state index in [2.05, 4.69) is 49.3 Å². The Morgan fingerprint density at radius 1 is 1.11 bits per heavy atom. The van der Waals surface area contributed by atoms with Gasteiger partial charge in [-0.2, -0.15) is 15.5 Å². The molecule has 2 heterocycles. The minimum absolute atomic E-state index is 0.0899. The lowest BCUT2D eigenvalue weighted by Crippen LogP contribution is -2.47. The molecule has 35 heavy (non-hydrogen) atoms. The van der Waals surface area contributed by atoms with E-state index in [1.807, 2.05) is 17.8 Å². The van der Waals surface area contributed by atoms with E-state index in [1.54, 1.807) is 48.8 Å². The van der Waals surface area contributed by atoms with Gasteiger partial charge in [-0.1, -0.05) is 51.4 Å². The van der Waals surface area contributed by atoms with Crippen molar-refractivity contribution in [3.05, 3.63) is 71.0 Å². The van der Waals surface area contributed by atoms with Crippen molar-refractivity contribution < 1.29 is 9.53 Å². The lowest BCUT2D eigenvalue weighted by atomic mass is 9.93. The summed E-state index contributed by atoms with van der Waals surface area (Å²) in [5.41, 5.74) is 2.27. The lowest BCUT2D eigenvalue weighted by molar-refractivity contribution is 0.0927. The van der Waals surface area contributed by atoms with Crippen LogP contribution in [0.2, 0.25) is 5.02 Å². The van der Waals surface area contributed by atoms with Crippen molar-refractivity contribution in [2.24, 2.45) is 0 Å². The maximum Gasteiger partial charge on any atom is 0.251 e. The molecule has 1 aliphatic rings. The summed E-state index contributed by atoms with van der Waals surface area (Å²) in [6.45, 7) is 8.87. The summed E-state index contributed by atoms with van der Waals surface area (Å²) in [4.78, 5) is 13.0. The number of hydrogen-bond donors (Lipinski definition) is 1. The van der Waals surface area contributed by atoms with E-state index in [0.717, 1.165) is 18.4 Å². The average Bonchev–Trinajstić information content (AvgIpc) is 2.78. The molecule has 1 fully saturated rings. The molecular formula is C27H27ClN4O2S. The number of ether oxygens (including phenoxy) is 1. The maximum atomic E-state index is 13.0. The van der Waals surface area contributed by atoms with Crippen molar-refractivity contribution in [3.8, 4) is 28.7 Å². The molecule has 4 rings (SSSR count). The minimum Gasteiger partial charge on any atom is -0.454 e. The summed E-state index contributed by atoms with van der Waals surface area (Å²) in [6, 6.07) is 14.3. The molecular weight excluding hydrogens is 480 g/mol. The Balaban J connectivity index is 1.53. The number of halogens is 1. The summed E-state index contributed by atoms with van der Waals surface area (Å²) in [7, 11) is 0. The highest BCUT2D eigenvalue weighted by molar-refractivity contribution is 8.02. The number of carbonyl (C=O) groups excluding carboxylic acids is 1. The van der Waals surface area contributed by atoms with E-state index in [-0.39, 0.29) is 26.5 Å². The SMILES string of the molecule is CC1(C)CC(NC(=O)c2ccc(Oc3cccc(-c4ccnnc4)c3C#N)c(Cl)c2)CC(C)(C)S1. The quantitative estimate of drug-likeness (QED) is 0.417. The first-order valence-corrected chi connectivity index (χ1v) is 12.5. The third kappa shape index (κ3) is 5.95. The van der Waals surface area contributed by atoms with E-state index in [1.165, 1.54) is 0 Å². The predicted octanol–water partition coefficient (Wildman–Crippen LogP) is 6.64. The molecule has 180 valence electrons. The summed E-state index contributed by atoms with van der Waals surface area (Å²) in [5, 5.41) is 20.9. The summed E-state index contributed by atoms with van der Waals surface area (Å²) < 4.78 is 6.19. The average molecular weight is 507 g/mol. The van der Waals surface area contributed by atoms with Gasteiger partial charge in [0.15, 0.2) is 0 Å². The molecule has 0 atom stereocenters. The number of rotatable bonds is 5. The molecule has 1 amide bonds. The zero-order valence-electron chi connectivity index (χ0n) is 20.1. The third-order valence-corrected chi connectivity index (χ3v) is 7.54. The number of carbonyl (C=O) groups is 1. The van der Waals surface area contributed by atoms with Crippen molar-refractivity contribution in [1.82, 2.24) is 15.5 Å². The Labute approximate surface area is 215 Å². The fraction of sp³-hybridized carbons (Fsp3) is 0.333. The molecule has 1 aromatic heterocycles. The first-order chi connectivity index (χ1) is 16.6. The van der Waals surface area contributed by atoms with Crippen molar-refractivity contribution in [2.75, 3.05) is 0 Å². The van der Waals surface area contributed by atoms with Crippen LogP contribution in [-0.4, -0.2) is 31.6 Å². The van der Waals surface area contributed by atoms with Gasteiger partial charge in [-0.05, 0) is 43.2 Å². The van der Waals surface area contributed by atoms with Crippen LogP contribution in [0.3, 0.4) is 0 Å². The van der Waals surface area contributed by atoms with Gasteiger partial charge in [0.25, 0.3) is 5.91 Å². The smallest absolute Gasteiger partial charge is 0.251 e. The van der Waals surface area contributed by atoms with Gasteiger partial charge in [0, 0.05) is 32.2 Å². The number of hydrogen-bond acceptors (Lipinski definition) is 6. The Bertz CT molecular complexity index is 1270. The lowest BCUT2D eigenvalue weighted by Gasteiger charge is -2.44. The monoisotopic (exact) mass is 506 g/mol. The van der Waals surface area contributed by atoms with E-state index in [0.29, 0.717) is 28.2 Å². The summed E-state index contributed by atoms with van der Waals surface area (Å²) in [5.74, 6) is 0.568. The summed E-state index contributed by atoms with van der Waals surface area (Å²) in [6.07, 6.45) is 4.97. The van der Waals surface area contributed by atoms with Gasteiger partial charge in [-0.15, -0.1) is 11.8 Å². The van der Waals surface area contributed by atoms with Crippen LogP contribution in [0.5, 0.6) is 11.5 Å². The molecule has 0 saturated carbocycles. The topological polar surface area (TPSA) is 87.9 Å². The van der Waals surface area contributed by atoms with Gasteiger partial charge in [0.1, 0.15) is 23.1 Å². The maximum absolute atomic E-state index is 13.0. The van der Waals surface area contributed by atoms with Crippen LogP contribution in [0.25, 0.3) is 11.1 Å². The third-order valence-electron chi connectivity index (χ3n) is 5.81. The number of thioether (sulfide) groups is 1. The van der Waals surface area contributed by atoms with E-state index >= 15 is 0 Å². The van der Waals surface area contributed by atoms with Crippen LogP contribution in [0.4, 0.5) is 0 Å². The first kappa shape index (κ1) is 25.0. The van der Waals surface area contributed by atoms with E-state index < -0.39 is 0 Å². The Hall–Kier alpha value is -3.08. The molecule has 8 heteroatoms. The van der Waals surface area contributed by atoms with Crippen LogP contribution in [0.15, 0.2) is 54.9 Å². The van der Waals surface area contributed by atoms with Crippen LogP contribution in [0.1, 0.15) is 56.5 Å². The molecule has 0 aliphatic carbocycles. The molecule has 0 spiro atoms. The van der Waals surface area contributed by atoms with Crippen molar-refractivity contribution >= 4 is 29.3 Å². The highest BCUT2D eigenvalue weighted by atomic mass is 35.5. The molecule has 1 N–H and O–H groups in total. The van der Waals surface area contributed by atoms with E-state index in [4.69, 9.17) is 16.3 Å². The van der Waals surface area contributed by atoms with Gasteiger partial charge >= 0.3 is 0 Å². The number of benzene rings is 2. The van der Waals surface area contributed by atoms with Crippen molar-refractivity contribution in [3.63, 3.8) is 0 Å². The van der Waals surface area contributed by atoms with Crippen LogP contribution in [-0.2, 0) is 0 Å². The summed E-state index contributed by atoms with van der Waals surface area (Å²) >= 11 is 8.46. The van der Waals surface area contributed by atoms with Gasteiger partial charge in [0.2, 0.25) is 0 Å². The van der Waals surface area contributed by atoms with Gasteiger partial charge < -0.3 is 10.1 Å². The predicted molar refractivity (Wildman–Crippen MR) is 140 cm³/mol. The second kappa shape index (κ2) is 9.88.